The van der Waals surface area contributed by atoms with Gasteiger partial charge in [0, 0.05) is 44.7 Å². The number of hydrazine groups is 1. The van der Waals surface area contributed by atoms with E-state index in [0.717, 1.165) is 32.2 Å². The molecule has 0 radical (unpaired) electrons. The number of rotatable bonds is 4. The molecule has 0 aromatic rings. The molecule has 1 aliphatic heterocycles. The largest absolute Gasteiger partial charge is 0.298 e. The van der Waals surface area contributed by atoms with Crippen molar-refractivity contribution in [1.82, 2.24) is 15.2 Å². The van der Waals surface area contributed by atoms with E-state index in [1.54, 1.807) is 0 Å². The molecular formula is C13H26N4O. The fourth-order valence-electron chi connectivity index (χ4n) is 3.27. The zero-order chi connectivity index (χ0) is 13.0. The second-order valence-corrected chi connectivity index (χ2v) is 5.63. The van der Waals surface area contributed by atoms with Crippen LogP contribution in [-0.2, 0) is 4.79 Å². The Labute approximate surface area is 110 Å². The monoisotopic (exact) mass is 254 g/mol. The smallest absolute Gasteiger partial charge is 0.235 e. The molecule has 1 atom stereocenters. The van der Waals surface area contributed by atoms with E-state index >= 15 is 0 Å². The predicted octanol–water partition coefficient (Wildman–Crippen LogP) is 0.315. The summed E-state index contributed by atoms with van der Waals surface area (Å²) in [7, 11) is 0. The second kappa shape index (κ2) is 6.50. The quantitative estimate of drug-likeness (QED) is 0.431. The lowest BCUT2D eigenvalue weighted by Crippen LogP contribution is -2.52. The van der Waals surface area contributed by atoms with Crippen molar-refractivity contribution in [1.29, 1.82) is 0 Å². The number of hydrogen-bond acceptors (Lipinski definition) is 4. The molecule has 1 aliphatic carbocycles. The van der Waals surface area contributed by atoms with Gasteiger partial charge >= 0.3 is 0 Å². The van der Waals surface area contributed by atoms with Crippen molar-refractivity contribution in [2.24, 2.45) is 5.84 Å². The van der Waals surface area contributed by atoms with Crippen LogP contribution in [0.15, 0.2) is 0 Å². The van der Waals surface area contributed by atoms with E-state index in [1.807, 2.05) is 0 Å². The highest BCUT2D eigenvalue weighted by Crippen LogP contribution is 2.24. The summed E-state index contributed by atoms with van der Waals surface area (Å²) < 4.78 is 0. The third-order valence-electron chi connectivity index (χ3n) is 4.46. The third kappa shape index (κ3) is 3.43. The fourth-order valence-corrected chi connectivity index (χ4v) is 3.27. The van der Waals surface area contributed by atoms with Crippen molar-refractivity contribution >= 4 is 5.91 Å². The Morgan fingerprint density at radius 2 is 1.89 bits per heavy atom. The van der Waals surface area contributed by atoms with E-state index in [9.17, 15) is 4.79 Å². The molecule has 2 fully saturated rings. The van der Waals surface area contributed by atoms with Crippen LogP contribution in [0.25, 0.3) is 0 Å². The molecule has 0 spiro atoms. The summed E-state index contributed by atoms with van der Waals surface area (Å²) in [5.41, 5.74) is 2.21. The molecule has 0 aromatic carbocycles. The molecule has 1 unspecified atom stereocenters. The molecule has 1 amide bonds. The highest BCUT2D eigenvalue weighted by molar-refractivity contribution is 5.75. The maximum atomic E-state index is 11.3. The molecule has 18 heavy (non-hydrogen) atoms. The minimum absolute atomic E-state index is 0.0688. The summed E-state index contributed by atoms with van der Waals surface area (Å²) in [6.45, 7) is 6.57. The Kier molecular flexibility index (Phi) is 4.97. The summed E-state index contributed by atoms with van der Waals surface area (Å²) in [6.07, 6.45) is 6.06. The van der Waals surface area contributed by atoms with E-state index in [-0.39, 0.29) is 5.91 Å². The standard InChI is InChI=1S/C13H26N4O/c1-11(10-13(18)15-14)16-6-8-17(9-7-16)12-4-2-3-5-12/h11-12H,2-10,14H2,1H3,(H,15,18). The van der Waals surface area contributed by atoms with E-state index in [2.05, 4.69) is 22.1 Å². The van der Waals surface area contributed by atoms with Gasteiger partial charge in [-0.2, -0.15) is 0 Å². The van der Waals surface area contributed by atoms with Gasteiger partial charge in [0.15, 0.2) is 0 Å². The highest BCUT2D eigenvalue weighted by atomic mass is 16.2. The van der Waals surface area contributed by atoms with E-state index in [1.165, 1.54) is 25.7 Å². The average Bonchev–Trinajstić information content (AvgIpc) is 2.92. The first-order chi connectivity index (χ1) is 8.70. The normalized spacial score (nSPS) is 25.2. The fraction of sp³-hybridized carbons (Fsp3) is 0.923. The van der Waals surface area contributed by atoms with Crippen LogP contribution in [0.1, 0.15) is 39.0 Å². The predicted molar refractivity (Wildman–Crippen MR) is 71.8 cm³/mol. The second-order valence-electron chi connectivity index (χ2n) is 5.63. The zero-order valence-electron chi connectivity index (χ0n) is 11.4. The van der Waals surface area contributed by atoms with Gasteiger partial charge in [-0.05, 0) is 19.8 Å². The van der Waals surface area contributed by atoms with Crippen LogP contribution < -0.4 is 11.3 Å². The number of amides is 1. The number of nitrogens with two attached hydrogens (primary N) is 1. The summed E-state index contributed by atoms with van der Waals surface area (Å²) in [6, 6.07) is 1.12. The van der Waals surface area contributed by atoms with Gasteiger partial charge < -0.3 is 0 Å². The Hall–Kier alpha value is -0.650. The van der Waals surface area contributed by atoms with Gasteiger partial charge in [-0.15, -0.1) is 0 Å². The Bertz CT molecular complexity index is 270. The van der Waals surface area contributed by atoms with Crippen LogP contribution in [-0.4, -0.2) is 54.0 Å². The van der Waals surface area contributed by atoms with E-state index in [4.69, 9.17) is 5.84 Å². The Balaban J connectivity index is 1.73. The third-order valence-corrected chi connectivity index (χ3v) is 4.46. The molecule has 1 heterocycles. The number of hydrogen-bond donors (Lipinski definition) is 2. The molecule has 3 N–H and O–H groups in total. The Morgan fingerprint density at radius 1 is 1.28 bits per heavy atom. The van der Waals surface area contributed by atoms with Gasteiger partial charge in [0.1, 0.15) is 0 Å². The van der Waals surface area contributed by atoms with Gasteiger partial charge in [0.2, 0.25) is 5.91 Å². The number of nitrogens with zero attached hydrogens (tertiary/aromatic N) is 2. The minimum atomic E-state index is -0.0688. The number of nitrogens with one attached hydrogen (secondary N) is 1. The molecule has 1 saturated carbocycles. The first-order valence-electron chi connectivity index (χ1n) is 7.18. The van der Waals surface area contributed by atoms with Crippen molar-refractivity contribution < 1.29 is 4.79 Å². The van der Waals surface area contributed by atoms with Crippen LogP contribution >= 0.6 is 0 Å². The Morgan fingerprint density at radius 3 is 2.44 bits per heavy atom. The van der Waals surface area contributed by atoms with Crippen LogP contribution in [0.4, 0.5) is 0 Å². The van der Waals surface area contributed by atoms with Crippen molar-refractivity contribution in [2.75, 3.05) is 26.2 Å². The van der Waals surface area contributed by atoms with Crippen molar-refractivity contribution in [3.63, 3.8) is 0 Å². The molecule has 5 nitrogen and oxygen atoms in total. The zero-order valence-corrected chi connectivity index (χ0v) is 11.4. The summed E-state index contributed by atoms with van der Waals surface area (Å²) in [4.78, 5) is 16.3. The van der Waals surface area contributed by atoms with E-state index < -0.39 is 0 Å². The van der Waals surface area contributed by atoms with E-state index in [0.29, 0.717) is 12.5 Å². The maximum absolute atomic E-state index is 11.3. The molecule has 2 rings (SSSR count). The SMILES string of the molecule is CC(CC(=O)NN)N1CCN(C2CCCC2)CC1. The summed E-state index contributed by atoms with van der Waals surface area (Å²) in [5.74, 6) is 5.06. The number of carbonyl (C=O) groups is 1. The first-order valence-corrected chi connectivity index (χ1v) is 7.18. The van der Waals surface area contributed by atoms with Crippen molar-refractivity contribution in [3.8, 4) is 0 Å². The van der Waals surface area contributed by atoms with Gasteiger partial charge in [0.25, 0.3) is 0 Å². The number of carbonyl (C=O) groups excluding carboxylic acids is 1. The van der Waals surface area contributed by atoms with Gasteiger partial charge in [0.05, 0.1) is 0 Å². The summed E-state index contributed by atoms with van der Waals surface area (Å²) in [5, 5.41) is 0. The van der Waals surface area contributed by atoms with Gasteiger partial charge in [-0.3, -0.25) is 20.0 Å². The highest BCUT2D eigenvalue weighted by Gasteiger charge is 2.28. The van der Waals surface area contributed by atoms with Crippen molar-refractivity contribution in [3.05, 3.63) is 0 Å². The molecule has 1 saturated heterocycles. The summed E-state index contributed by atoms with van der Waals surface area (Å²) >= 11 is 0. The lowest BCUT2D eigenvalue weighted by atomic mass is 10.1. The molecule has 0 aromatic heterocycles. The van der Waals surface area contributed by atoms with Gasteiger partial charge in [-0.25, -0.2) is 5.84 Å². The minimum Gasteiger partial charge on any atom is -0.298 e. The topological polar surface area (TPSA) is 61.6 Å². The molecule has 5 heteroatoms. The molecule has 104 valence electrons. The first kappa shape index (κ1) is 13.8. The van der Waals surface area contributed by atoms with Crippen LogP contribution in [0.5, 0.6) is 0 Å². The lowest BCUT2D eigenvalue weighted by molar-refractivity contribution is -0.122. The van der Waals surface area contributed by atoms with Gasteiger partial charge in [-0.1, -0.05) is 12.8 Å². The van der Waals surface area contributed by atoms with Crippen molar-refractivity contribution in [2.45, 2.75) is 51.1 Å². The lowest BCUT2D eigenvalue weighted by Gasteiger charge is -2.40. The average molecular weight is 254 g/mol. The molecule has 2 aliphatic rings. The van der Waals surface area contributed by atoms with Crippen LogP contribution in [0, 0.1) is 0 Å². The molecular weight excluding hydrogens is 228 g/mol. The maximum Gasteiger partial charge on any atom is 0.235 e. The number of piperazine rings is 1. The molecule has 0 bridgehead atoms. The van der Waals surface area contributed by atoms with Crippen LogP contribution in [0.2, 0.25) is 0 Å². The van der Waals surface area contributed by atoms with Crippen LogP contribution in [0.3, 0.4) is 0 Å².